The average Bonchev–Trinajstić information content (AvgIpc) is 2.44. The highest BCUT2D eigenvalue weighted by Gasteiger charge is 2.12. The molecule has 4 nitrogen and oxygen atoms in total. The predicted molar refractivity (Wildman–Crippen MR) is 80.7 cm³/mol. The van der Waals surface area contributed by atoms with Gasteiger partial charge in [-0.25, -0.2) is 4.79 Å². The van der Waals surface area contributed by atoms with Gasteiger partial charge in [0.15, 0.2) is 12.4 Å². The number of hydrogen-bond donors (Lipinski definition) is 0. The first kappa shape index (κ1) is 14.9. The number of halogens is 2. The number of ketones is 1. The lowest BCUT2D eigenvalue weighted by Gasteiger charge is -2.04. The van der Waals surface area contributed by atoms with E-state index in [2.05, 4.69) is 36.8 Å². The van der Waals surface area contributed by atoms with Crippen molar-refractivity contribution < 1.29 is 14.3 Å². The van der Waals surface area contributed by atoms with Gasteiger partial charge in [0.25, 0.3) is 0 Å². The molecule has 2 rings (SSSR count). The lowest BCUT2D eigenvalue weighted by Crippen LogP contribution is -2.14. The van der Waals surface area contributed by atoms with Gasteiger partial charge in [0.1, 0.15) is 0 Å². The Labute approximate surface area is 132 Å². The van der Waals surface area contributed by atoms with Crippen LogP contribution in [-0.2, 0) is 4.74 Å². The van der Waals surface area contributed by atoms with Crippen LogP contribution < -0.4 is 0 Å². The number of benzene rings is 1. The number of aromatic nitrogens is 1. The van der Waals surface area contributed by atoms with E-state index in [1.165, 1.54) is 6.20 Å². The second kappa shape index (κ2) is 6.76. The number of ether oxygens (including phenoxy) is 1. The lowest BCUT2D eigenvalue weighted by atomic mass is 10.1. The van der Waals surface area contributed by atoms with E-state index in [-0.39, 0.29) is 12.4 Å². The average molecular weight is 399 g/mol. The zero-order valence-electron chi connectivity index (χ0n) is 10.2. The molecule has 1 aromatic heterocycles. The van der Waals surface area contributed by atoms with Crippen LogP contribution in [0, 0.1) is 0 Å². The van der Waals surface area contributed by atoms with Crippen LogP contribution in [0.3, 0.4) is 0 Å². The zero-order valence-corrected chi connectivity index (χ0v) is 13.3. The van der Waals surface area contributed by atoms with E-state index < -0.39 is 5.97 Å². The van der Waals surface area contributed by atoms with Gasteiger partial charge < -0.3 is 4.74 Å². The summed E-state index contributed by atoms with van der Waals surface area (Å²) < 4.78 is 6.44. The maximum atomic E-state index is 11.9. The Balaban J connectivity index is 1.98. The summed E-state index contributed by atoms with van der Waals surface area (Å²) in [5, 5.41) is 0. The smallest absolute Gasteiger partial charge is 0.340 e. The number of Topliss-reactive ketones (excluding diaryl/α,β-unsaturated/α-hetero) is 1. The topological polar surface area (TPSA) is 56.3 Å². The monoisotopic (exact) mass is 397 g/mol. The second-order valence-electron chi connectivity index (χ2n) is 3.90. The molecule has 2 aromatic rings. The minimum Gasteiger partial charge on any atom is -0.454 e. The fourth-order valence-corrected chi connectivity index (χ4v) is 2.25. The summed E-state index contributed by atoms with van der Waals surface area (Å²) in [7, 11) is 0. The molecule has 0 fully saturated rings. The van der Waals surface area contributed by atoms with Crippen LogP contribution in [0.1, 0.15) is 20.7 Å². The Morgan fingerprint density at radius 2 is 1.80 bits per heavy atom. The molecule has 0 atom stereocenters. The fraction of sp³-hybridized carbons (Fsp3) is 0.0714. The third kappa shape index (κ3) is 3.98. The van der Waals surface area contributed by atoms with Gasteiger partial charge in [-0.15, -0.1) is 0 Å². The van der Waals surface area contributed by atoms with Crippen molar-refractivity contribution in [3.63, 3.8) is 0 Å². The van der Waals surface area contributed by atoms with E-state index >= 15 is 0 Å². The number of carbonyl (C=O) groups excluding carboxylic acids is 2. The first-order valence-electron chi connectivity index (χ1n) is 5.63. The molecular weight excluding hydrogens is 390 g/mol. The van der Waals surface area contributed by atoms with Crippen molar-refractivity contribution in [1.29, 1.82) is 0 Å². The molecule has 0 aliphatic carbocycles. The molecule has 20 heavy (non-hydrogen) atoms. The quantitative estimate of drug-likeness (QED) is 0.582. The van der Waals surface area contributed by atoms with Crippen molar-refractivity contribution in [1.82, 2.24) is 4.98 Å². The van der Waals surface area contributed by atoms with Gasteiger partial charge in [0.2, 0.25) is 0 Å². The predicted octanol–water partition coefficient (Wildman–Crippen LogP) is 3.65. The Morgan fingerprint density at radius 3 is 2.50 bits per heavy atom. The molecule has 0 aliphatic rings. The molecule has 0 saturated carbocycles. The van der Waals surface area contributed by atoms with Crippen molar-refractivity contribution in [2.75, 3.05) is 6.61 Å². The minimum absolute atomic E-state index is 0.261. The molecule has 102 valence electrons. The maximum Gasteiger partial charge on any atom is 0.340 e. The summed E-state index contributed by atoms with van der Waals surface area (Å²) in [6.45, 7) is -0.304. The number of hydrogen-bond acceptors (Lipinski definition) is 4. The molecule has 0 saturated heterocycles. The summed E-state index contributed by atoms with van der Waals surface area (Å²) in [6.07, 6.45) is 2.94. The van der Waals surface area contributed by atoms with Crippen LogP contribution in [-0.4, -0.2) is 23.3 Å². The number of rotatable bonds is 4. The summed E-state index contributed by atoms with van der Waals surface area (Å²) in [6, 6.07) is 8.49. The van der Waals surface area contributed by atoms with E-state index in [1.807, 2.05) is 6.07 Å². The van der Waals surface area contributed by atoms with Crippen molar-refractivity contribution in [3.05, 3.63) is 62.8 Å². The minimum atomic E-state index is -0.581. The molecule has 0 N–H and O–H groups in total. The van der Waals surface area contributed by atoms with E-state index in [1.54, 1.807) is 30.5 Å². The normalized spacial score (nSPS) is 10.1. The molecule has 0 unspecified atom stereocenters. The van der Waals surface area contributed by atoms with Crippen molar-refractivity contribution in [2.24, 2.45) is 0 Å². The van der Waals surface area contributed by atoms with Crippen LogP contribution in [0.25, 0.3) is 0 Å². The van der Waals surface area contributed by atoms with E-state index in [4.69, 9.17) is 4.74 Å². The summed E-state index contributed by atoms with van der Waals surface area (Å²) >= 11 is 6.49. The zero-order chi connectivity index (χ0) is 14.5. The molecular formula is C14H9Br2NO3. The molecule has 1 aromatic carbocycles. The van der Waals surface area contributed by atoms with Gasteiger partial charge in [-0.3, -0.25) is 9.78 Å². The Bertz CT molecular complexity index is 601. The summed E-state index contributed by atoms with van der Waals surface area (Å²) in [5.41, 5.74) is 0.779. The van der Waals surface area contributed by atoms with Gasteiger partial charge in [-0.2, -0.15) is 0 Å². The van der Waals surface area contributed by atoms with E-state index in [9.17, 15) is 9.59 Å². The van der Waals surface area contributed by atoms with Crippen LogP contribution in [0.5, 0.6) is 0 Å². The summed E-state index contributed by atoms with van der Waals surface area (Å²) in [5.74, 6) is -0.843. The van der Waals surface area contributed by atoms with E-state index in [0.717, 1.165) is 4.47 Å². The fourth-order valence-electron chi connectivity index (χ4n) is 1.48. The molecule has 0 amide bonds. The number of esters is 1. The number of carbonyl (C=O) groups is 2. The maximum absolute atomic E-state index is 11.9. The van der Waals surface area contributed by atoms with Gasteiger partial charge in [0.05, 0.1) is 5.56 Å². The Hall–Kier alpha value is -1.53. The molecule has 1 heterocycles. The largest absolute Gasteiger partial charge is 0.454 e. The highest BCUT2D eigenvalue weighted by molar-refractivity contribution is 9.10. The highest BCUT2D eigenvalue weighted by Crippen LogP contribution is 2.13. The van der Waals surface area contributed by atoms with Crippen molar-refractivity contribution in [3.8, 4) is 0 Å². The van der Waals surface area contributed by atoms with Gasteiger partial charge in [-0.1, -0.05) is 28.1 Å². The third-order valence-electron chi connectivity index (χ3n) is 2.42. The second-order valence-corrected chi connectivity index (χ2v) is 5.73. The Kier molecular flexibility index (Phi) is 5.03. The van der Waals surface area contributed by atoms with Gasteiger partial charge in [-0.05, 0) is 34.1 Å². The van der Waals surface area contributed by atoms with Crippen LogP contribution >= 0.6 is 31.9 Å². The van der Waals surface area contributed by atoms with Crippen LogP contribution in [0.2, 0.25) is 0 Å². The lowest BCUT2D eigenvalue weighted by molar-refractivity contribution is 0.0474. The molecule has 0 spiro atoms. The first-order chi connectivity index (χ1) is 9.56. The summed E-state index contributed by atoms with van der Waals surface area (Å²) in [4.78, 5) is 27.5. The SMILES string of the molecule is O=C(COC(=O)c1cncc(Br)c1)c1cccc(Br)c1. The van der Waals surface area contributed by atoms with Gasteiger partial charge in [0, 0.05) is 26.9 Å². The van der Waals surface area contributed by atoms with Crippen molar-refractivity contribution >= 4 is 43.6 Å². The van der Waals surface area contributed by atoms with E-state index in [0.29, 0.717) is 15.6 Å². The highest BCUT2D eigenvalue weighted by atomic mass is 79.9. The Morgan fingerprint density at radius 1 is 1.05 bits per heavy atom. The van der Waals surface area contributed by atoms with Crippen molar-refractivity contribution in [2.45, 2.75) is 0 Å². The molecule has 0 bridgehead atoms. The number of pyridine rings is 1. The molecule has 0 aliphatic heterocycles. The third-order valence-corrected chi connectivity index (χ3v) is 3.35. The van der Waals surface area contributed by atoms with Crippen LogP contribution in [0.4, 0.5) is 0 Å². The van der Waals surface area contributed by atoms with Gasteiger partial charge >= 0.3 is 5.97 Å². The number of nitrogens with zero attached hydrogens (tertiary/aromatic N) is 1. The first-order valence-corrected chi connectivity index (χ1v) is 7.21. The molecule has 6 heteroatoms. The molecule has 0 radical (unpaired) electrons. The standard InChI is InChI=1S/C14H9Br2NO3/c15-11-3-1-2-9(4-11)13(18)8-20-14(19)10-5-12(16)7-17-6-10/h1-7H,8H2. The van der Waals surface area contributed by atoms with Crippen LogP contribution in [0.15, 0.2) is 51.7 Å².